The van der Waals surface area contributed by atoms with Crippen molar-refractivity contribution in [1.29, 1.82) is 0 Å². The lowest BCUT2D eigenvalue weighted by atomic mass is 10.3. The zero-order valence-electron chi connectivity index (χ0n) is 5.97. The lowest BCUT2D eigenvalue weighted by Gasteiger charge is -2.02. The molecule has 58 valence electrons. The molecular formula is C7H11BrO2. The van der Waals surface area contributed by atoms with Gasteiger partial charge in [0, 0.05) is 5.33 Å². The Balaban J connectivity index is 2.34. The average molecular weight is 207 g/mol. The molecule has 1 aliphatic rings. The van der Waals surface area contributed by atoms with Crippen LogP contribution in [0.15, 0.2) is 11.6 Å². The molecule has 1 heterocycles. The first kappa shape index (κ1) is 8.24. The summed E-state index contributed by atoms with van der Waals surface area (Å²) in [6.45, 7) is 3.48. The van der Waals surface area contributed by atoms with E-state index >= 15 is 0 Å². The van der Waals surface area contributed by atoms with E-state index in [-0.39, 0.29) is 6.29 Å². The van der Waals surface area contributed by atoms with Crippen molar-refractivity contribution in [3.63, 3.8) is 0 Å². The minimum atomic E-state index is -0.0995. The summed E-state index contributed by atoms with van der Waals surface area (Å²) in [5.74, 6) is 0. The van der Waals surface area contributed by atoms with Gasteiger partial charge in [-0.2, -0.15) is 0 Å². The van der Waals surface area contributed by atoms with E-state index in [1.807, 2.05) is 13.0 Å². The van der Waals surface area contributed by atoms with E-state index < -0.39 is 0 Å². The van der Waals surface area contributed by atoms with Crippen LogP contribution in [0.5, 0.6) is 0 Å². The van der Waals surface area contributed by atoms with Gasteiger partial charge in [-0.25, -0.2) is 0 Å². The quantitative estimate of drug-likeness (QED) is 0.506. The average Bonchev–Trinajstić information content (AvgIpc) is 2.40. The minimum Gasteiger partial charge on any atom is -0.347 e. The number of hydrogen-bond donors (Lipinski definition) is 0. The highest BCUT2D eigenvalue weighted by Crippen LogP contribution is 2.08. The molecule has 10 heavy (non-hydrogen) atoms. The van der Waals surface area contributed by atoms with E-state index in [1.165, 1.54) is 5.57 Å². The van der Waals surface area contributed by atoms with Crippen LogP contribution in [0.4, 0.5) is 0 Å². The summed E-state index contributed by atoms with van der Waals surface area (Å²) in [5.41, 5.74) is 1.24. The maximum atomic E-state index is 5.21. The molecule has 0 amide bonds. The third kappa shape index (κ3) is 2.40. The summed E-state index contributed by atoms with van der Waals surface area (Å²) in [5, 5.41) is 0.885. The molecule has 0 saturated carbocycles. The van der Waals surface area contributed by atoms with Gasteiger partial charge >= 0.3 is 0 Å². The van der Waals surface area contributed by atoms with Gasteiger partial charge in [0.15, 0.2) is 6.29 Å². The van der Waals surface area contributed by atoms with Crippen molar-refractivity contribution in [3.05, 3.63) is 11.6 Å². The third-order valence-electron chi connectivity index (χ3n) is 1.28. The molecule has 0 unspecified atom stereocenters. The lowest BCUT2D eigenvalue weighted by molar-refractivity contribution is -0.00207. The number of allylic oxidation sites excluding steroid dienone is 1. The van der Waals surface area contributed by atoms with Gasteiger partial charge in [0.1, 0.15) is 0 Å². The number of hydrogen-bond acceptors (Lipinski definition) is 2. The fourth-order valence-corrected chi connectivity index (χ4v) is 0.937. The second kappa shape index (κ2) is 4.11. The maximum absolute atomic E-state index is 5.21. The summed E-state index contributed by atoms with van der Waals surface area (Å²) in [4.78, 5) is 0. The molecular weight excluding hydrogens is 196 g/mol. The molecule has 0 spiro atoms. The molecule has 0 aromatic carbocycles. The molecule has 1 rings (SSSR count). The van der Waals surface area contributed by atoms with Crippen LogP contribution in [-0.2, 0) is 9.47 Å². The maximum Gasteiger partial charge on any atom is 0.177 e. The van der Waals surface area contributed by atoms with Gasteiger partial charge in [-0.15, -0.1) is 0 Å². The number of ether oxygens (including phenoxy) is 2. The van der Waals surface area contributed by atoms with Crippen LogP contribution in [0.1, 0.15) is 6.92 Å². The van der Waals surface area contributed by atoms with Gasteiger partial charge in [0.25, 0.3) is 0 Å². The Labute approximate surface area is 69.3 Å². The first-order valence-corrected chi connectivity index (χ1v) is 4.41. The van der Waals surface area contributed by atoms with Crippen molar-refractivity contribution in [2.45, 2.75) is 13.2 Å². The fraction of sp³-hybridized carbons (Fsp3) is 0.714. The van der Waals surface area contributed by atoms with E-state index in [0.29, 0.717) is 0 Å². The van der Waals surface area contributed by atoms with Crippen molar-refractivity contribution in [2.24, 2.45) is 0 Å². The predicted molar refractivity (Wildman–Crippen MR) is 43.2 cm³/mol. The van der Waals surface area contributed by atoms with Gasteiger partial charge in [-0.1, -0.05) is 21.5 Å². The van der Waals surface area contributed by atoms with E-state index in [4.69, 9.17) is 9.47 Å². The molecule has 0 aromatic rings. The van der Waals surface area contributed by atoms with Gasteiger partial charge in [0.2, 0.25) is 0 Å². The van der Waals surface area contributed by atoms with E-state index in [0.717, 1.165) is 18.5 Å². The monoisotopic (exact) mass is 206 g/mol. The second-order valence-corrected chi connectivity index (χ2v) is 2.82. The Bertz CT molecular complexity index is 128. The first-order valence-electron chi connectivity index (χ1n) is 3.29. The summed E-state index contributed by atoms with van der Waals surface area (Å²) < 4.78 is 10.4. The molecule has 3 heteroatoms. The highest BCUT2D eigenvalue weighted by atomic mass is 79.9. The molecule has 0 aliphatic carbocycles. The van der Waals surface area contributed by atoms with Gasteiger partial charge < -0.3 is 9.47 Å². The van der Waals surface area contributed by atoms with Crippen LogP contribution >= 0.6 is 15.9 Å². The molecule has 2 nitrogen and oxygen atoms in total. The standard InChI is InChI=1S/C7H11BrO2/c1-6(5-8)4-7-9-2-3-10-7/h4,7H,2-3,5H2,1H3/b6-4+. The SMILES string of the molecule is C/C(=C\C1OCCO1)CBr. The summed E-state index contributed by atoms with van der Waals surface area (Å²) in [6.07, 6.45) is 1.89. The zero-order chi connectivity index (χ0) is 7.40. The van der Waals surface area contributed by atoms with E-state index in [2.05, 4.69) is 15.9 Å². The highest BCUT2D eigenvalue weighted by molar-refractivity contribution is 9.09. The van der Waals surface area contributed by atoms with Crippen LogP contribution in [0.3, 0.4) is 0 Å². The predicted octanol–water partition coefficient (Wildman–Crippen LogP) is 1.70. The Morgan fingerprint density at radius 2 is 2.20 bits per heavy atom. The summed E-state index contributed by atoms with van der Waals surface area (Å²) in [7, 11) is 0. The first-order chi connectivity index (χ1) is 4.83. The minimum absolute atomic E-state index is 0.0995. The lowest BCUT2D eigenvalue weighted by Crippen LogP contribution is -2.03. The van der Waals surface area contributed by atoms with Gasteiger partial charge in [-0.05, 0) is 13.0 Å². The van der Waals surface area contributed by atoms with Crippen molar-refractivity contribution in [1.82, 2.24) is 0 Å². The van der Waals surface area contributed by atoms with E-state index in [1.54, 1.807) is 0 Å². The normalized spacial score (nSPS) is 22.0. The van der Waals surface area contributed by atoms with Crippen LogP contribution in [0.25, 0.3) is 0 Å². The Morgan fingerprint density at radius 3 is 2.70 bits per heavy atom. The Kier molecular flexibility index (Phi) is 3.39. The third-order valence-corrected chi connectivity index (χ3v) is 2.16. The zero-order valence-corrected chi connectivity index (χ0v) is 7.56. The van der Waals surface area contributed by atoms with Crippen molar-refractivity contribution in [3.8, 4) is 0 Å². The van der Waals surface area contributed by atoms with Crippen molar-refractivity contribution >= 4 is 15.9 Å². The summed E-state index contributed by atoms with van der Waals surface area (Å²) >= 11 is 3.34. The Hall–Kier alpha value is 0.140. The molecule has 1 aliphatic heterocycles. The van der Waals surface area contributed by atoms with Crippen LogP contribution in [0.2, 0.25) is 0 Å². The molecule has 0 aromatic heterocycles. The summed E-state index contributed by atoms with van der Waals surface area (Å²) in [6, 6.07) is 0. The molecule has 0 atom stereocenters. The molecule has 0 bridgehead atoms. The molecule has 0 radical (unpaired) electrons. The number of rotatable bonds is 2. The van der Waals surface area contributed by atoms with Crippen LogP contribution < -0.4 is 0 Å². The van der Waals surface area contributed by atoms with E-state index in [9.17, 15) is 0 Å². The topological polar surface area (TPSA) is 18.5 Å². The Morgan fingerprint density at radius 1 is 1.60 bits per heavy atom. The molecule has 1 saturated heterocycles. The fourth-order valence-electron chi connectivity index (χ4n) is 0.750. The number of alkyl halides is 1. The highest BCUT2D eigenvalue weighted by Gasteiger charge is 2.12. The number of halogens is 1. The largest absolute Gasteiger partial charge is 0.347 e. The van der Waals surface area contributed by atoms with Crippen LogP contribution in [0, 0.1) is 0 Å². The van der Waals surface area contributed by atoms with Gasteiger partial charge in [0.05, 0.1) is 13.2 Å². The smallest absolute Gasteiger partial charge is 0.177 e. The molecule has 1 fully saturated rings. The van der Waals surface area contributed by atoms with Crippen molar-refractivity contribution in [2.75, 3.05) is 18.5 Å². The van der Waals surface area contributed by atoms with Gasteiger partial charge in [-0.3, -0.25) is 0 Å². The second-order valence-electron chi connectivity index (χ2n) is 2.26. The molecule has 0 N–H and O–H groups in total. The van der Waals surface area contributed by atoms with Crippen LogP contribution in [-0.4, -0.2) is 24.8 Å². The van der Waals surface area contributed by atoms with Crippen molar-refractivity contribution < 1.29 is 9.47 Å².